The van der Waals surface area contributed by atoms with Crippen LogP contribution in [0.3, 0.4) is 0 Å². The standard InChI is InChI=1S/C10H14O4/c1-13-9-4-3-7(8(12)6-11)5-10(9)14-2/h3-5,8,11-12H,6H2,1-2H3/t8-/m0/s1. The van der Waals surface area contributed by atoms with E-state index in [1.165, 1.54) is 7.11 Å². The molecule has 14 heavy (non-hydrogen) atoms. The quantitative estimate of drug-likeness (QED) is 0.748. The van der Waals surface area contributed by atoms with Gasteiger partial charge in [0.15, 0.2) is 11.5 Å². The molecule has 2 N–H and O–H groups in total. The van der Waals surface area contributed by atoms with Gasteiger partial charge in [-0.3, -0.25) is 0 Å². The SMILES string of the molecule is COc1ccc([C@@H](O)CO)cc1OC. The Morgan fingerprint density at radius 2 is 1.86 bits per heavy atom. The lowest BCUT2D eigenvalue weighted by molar-refractivity contribution is 0.0953. The van der Waals surface area contributed by atoms with Crippen LogP contribution >= 0.6 is 0 Å². The lowest BCUT2D eigenvalue weighted by Crippen LogP contribution is -2.03. The highest BCUT2D eigenvalue weighted by molar-refractivity contribution is 5.43. The van der Waals surface area contributed by atoms with E-state index >= 15 is 0 Å². The van der Waals surface area contributed by atoms with Gasteiger partial charge in [0, 0.05) is 0 Å². The van der Waals surface area contributed by atoms with Gasteiger partial charge >= 0.3 is 0 Å². The first-order chi connectivity index (χ1) is 6.72. The number of methoxy groups -OCH3 is 2. The Kier molecular flexibility index (Phi) is 3.73. The molecule has 0 aliphatic rings. The van der Waals surface area contributed by atoms with E-state index in [0.717, 1.165) is 0 Å². The minimum atomic E-state index is -0.880. The van der Waals surface area contributed by atoms with E-state index < -0.39 is 6.10 Å². The van der Waals surface area contributed by atoms with E-state index in [9.17, 15) is 5.11 Å². The van der Waals surface area contributed by atoms with Crippen LogP contribution in [0.1, 0.15) is 11.7 Å². The van der Waals surface area contributed by atoms with E-state index in [1.807, 2.05) is 0 Å². The van der Waals surface area contributed by atoms with Crippen molar-refractivity contribution >= 4 is 0 Å². The fourth-order valence-electron chi connectivity index (χ4n) is 1.17. The summed E-state index contributed by atoms with van der Waals surface area (Å²) in [5.41, 5.74) is 0.602. The van der Waals surface area contributed by atoms with Crippen molar-refractivity contribution in [3.63, 3.8) is 0 Å². The molecular formula is C10H14O4. The number of hydrogen-bond acceptors (Lipinski definition) is 4. The molecule has 4 nitrogen and oxygen atoms in total. The van der Waals surface area contributed by atoms with Gasteiger partial charge in [-0.15, -0.1) is 0 Å². The summed E-state index contributed by atoms with van der Waals surface area (Å²) < 4.78 is 10.1. The topological polar surface area (TPSA) is 58.9 Å². The van der Waals surface area contributed by atoms with Crippen LogP contribution in [-0.2, 0) is 0 Å². The third kappa shape index (κ3) is 2.16. The molecule has 0 aromatic heterocycles. The Bertz CT molecular complexity index is 298. The Hall–Kier alpha value is -1.26. The second-order valence-corrected chi connectivity index (χ2v) is 2.81. The molecular weight excluding hydrogens is 184 g/mol. The van der Waals surface area contributed by atoms with E-state index in [2.05, 4.69) is 0 Å². The normalized spacial score (nSPS) is 12.3. The van der Waals surface area contributed by atoms with Gasteiger partial charge < -0.3 is 19.7 Å². The maximum absolute atomic E-state index is 9.37. The lowest BCUT2D eigenvalue weighted by Gasteiger charge is -2.11. The van der Waals surface area contributed by atoms with Crippen molar-refractivity contribution in [2.24, 2.45) is 0 Å². The molecule has 1 atom stereocenters. The van der Waals surface area contributed by atoms with Crippen LogP contribution in [0.5, 0.6) is 11.5 Å². The third-order valence-electron chi connectivity index (χ3n) is 1.97. The maximum Gasteiger partial charge on any atom is 0.161 e. The van der Waals surface area contributed by atoms with Crippen LogP contribution in [-0.4, -0.2) is 31.0 Å². The van der Waals surface area contributed by atoms with Crippen LogP contribution in [0.25, 0.3) is 0 Å². The number of aliphatic hydroxyl groups excluding tert-OH is 2. The van der Waals surface area contributed by atoms with Crippen molar-refractivity contribution in [3.8, 4) is 11.5 Å². The zero-order valence-electron chi connectivity index (χ0n) is 8.23. The fourth-order valence-corrected chi connectivity index (χ4v) is 1.17. The van der Waals surface area contributed by atoms with Crippen molar-refractivity contribution in [3.05, 3.63) is 23.8 Å². The molecule has 0 unspecified atom stereocenters. The summed E-state index contributed by atoms with van der Waals surface area (Å²) in [4.78, 5) is 0. The van der Waals surface area contributed by atoms with E-state index in [1.54, 1.807) is 25.3 Å². The van der Waals surface area contributed by atoms with E-state index in [4.69, 9.17) is 14.6 Å². The largest absolute Gasteiger partial charge is 0.493 e. The monoisotopic (exact) mass is 198 g/mol. The van der Waals surface area contributed by atoms with E-state index in [0.29, 0.717) is 17.1 Å². The van der Waals surface area contributed by atoms with Crippen LogP contribution in [0.15, 0.2) is 18.2 Å². The van der Waals surface area contributed by atoms with Crippen LogP contribution in [0.2, 0.25) is 0 Å². The molecule has 0 aliphatic heterocycles. The van der Waals surface area contributed by atoms with Crippen molar-refractivity contribution in [2.75, 3.05) is 20.8 Å². The van der Waals surface area contributed by atoms with Gasteiger partial charge in [0.2, 0.25) is 0 Å². The molecule has 0 heterocycles. The van der Waals surface area contributed by atoms with Crippen molar-refractivity contribution < 1.29 is 19.7 Å². The van der Waals surface area contributed by atoms with Gasteiger partial charge in [-0.05, 0) is 17.7 Å². The third-order valence-corrected chi connectivity index (χ3v) is 1.97. The predicted molar refractivity (Wildman–Crippen MR) is 51.6 cm³/mol. The molecule has 4 heteroatoms. The maximum atomic E-state index is 9.37. The minimum absolute atomic E-state index is 0.310. The Balaban J connectivity index is 3.01. The van der Waals surface area contributed by atoms with Gasteiger partial charge in [-0.25, -0.2) is 0 Å². The first kappa shape index (κ1) is 10.8. The highest BCUT2D eigenvalue weighted by atomic mass is 16.5. The number of benzene rings is 1. The van der Waals surface area contributed by atoms with E-state index in [-0.39, 0.29) is 6.61 Å². The average Bonchev–Trinajstić information content (AvgIpc) is 2.26. The average molecular weight is 198 g/mol. The molecule has 1 rings (SSSR count). The number of aliphatic hydroxyl groups is 2. The molecule has 0 fully saturated rings. The van der Waals surface area contributed by atoms with Gasteiger partial charge in [-0.1, -0.05) is 6.07 Å². The zero-order valence-corrected chi connectivity index (χ0v) is 8.23. The molecule has 0 saturated heterocycles. The summed E-state index contributed by atoms with van der Waals surface area (Å²) in [7, 11) is 3.06. The molecule has 0 bridgehead atoms. The molecule has 0 radical (unpaired) electrons. The van der Waals surface area contributed by atoms with Crippen LogP contribution in [0, 0.1) is 0 Å². The Labute approximate surface area is 82.7 Å². The molecule has 0 amide bonds. The zero-order chi connectivity index (χ0) is 10.6. The number of rotatable bonds is 4. The first-order valence-corrected chi connectivity index (χ1v) is 4.23. The van der Waals surface area contributed by atoms with Gasteiger partial charge in [-0.2, -0.15) is 0 Å². The Morgan fingerprint density at radius 3 is 2.36 bits per heavy atom. The second-order valence-electron chi connectivity index (χ2n) is 2.81. The first-order valence-electron chi connectivity index (χ1n) is 4.23. The highest BCUT2D eigenvalue weighted by Crippen LogP contribution is 2.29. The predicted octanol–water partition coefficient (Wildman–Crippen LogP) is 0.729. The summed E-state index contributed by atoms with van der Waals surface area (Å²) >= 11 is 0. The van der Waals surface area contributed by atoms with Gasteiger partial charge in [0.25, 0.3) is 0 Å². The highest BCUT2D eigenvalue weighted by Gasteiger charge is 2.10. The van der Waals surface area contributed by atoms with Crippen LogP contribution in [0.4, 0.5) is 0 Å². The summed E-state index contributed by atoms with van der Waals surface area (Å²) in [5.74, 6) is 1.14. The number of hydrogen-bond donors (Lipinski definition) is 2. The minimum Gasteiger partial charge on any atom is -0.493 e. The van der Waals surface area contributed by atoms with Crippen molar-refractivity contribution in [2.45, 2.75) is 6.10 Å². The molecule has 1 aromatic rings. The van der Waals surface area contributed by atoms with Crippen LogP contribution < -0.4 is 9.47 Å². The molecule has 0 aliphatic carbocycles. The molecule has 0 spiro atoms. The smallest absolute Gasteiger partial charge is 0.161 e. The summed E-state index contributed by atoms with van der Waals surface area (Å²) in [6.07, 6.45) is -0.880. The van der Waals surface area contributed by atoms with Gasteiger partial charge in [0.05, 0.1) is 20.8 Å². The lowest BCUT2D eigenvalue weighted by atomic mass is 10.1. The summed E-state index contributed by atoms with van der Waals surface area (Å²) in [6, 6.07) is 5.01. The summed E-state index contributed by atoms with van der Waals surface area (Å²) in [6.45, 7) is -0.310. The molecule has 0 saturated carbocycles. The summed E-state index contributed by atoms with van der Waals surface area (Å²) in [5, 5.41) is 18.1. The molecule has 78 valence electrons. The fraction of sp³-hybridized carbons (Fsp3) is 0.400. The van der Waals surface area contributed by atoms with Crippen molar-refractivity contribution in [1.29, 1.82) is 0 Å². The second kappa shape index (κ2) is 4.83. The van der Waals surface area contributed by atoms with Crippen molar-refractivity contribution in [1.82, 2.24) is 0 Å². The molecule has 1 aromatic carbocycles. The number of ether oxygens (including phenoxy) is 2. The Morgan fingerprint density at radius 1 is 1.21 bits per heavy atom. The van der Waals surface area contributed by atoms with Gasteiger partial charge in [0.1, 0.15) is 6.10 Å².